The van der Waals surface area contributed by atoms with Crippen LogP contribution in [0.2, 0.25) is 0 Å². The Labute approximate surface area is 448 Å². The third-order valence-electron chi connectivity index (χ3n) is 0. The topological polar surface area (TPSA) is 74.6 Å². The molecule has 0 bridgehead atoms. The van der Waals surface area contributed by atoms with Gasteiger partial charge in [-0.2, -0.15) is 8.42 Å². The normalized spacial score (nSPS) is 3.05. The third kappa shape index (κ3) is 148. The second kappa shape index (κ2) is 76.9. The van der Waals surface area contributed by atoms with Gasteiger partial charge in [0.15, 0.2) is 0 Å². The maximum Gasteiger partial charge on any atom is 1.00 e. The minimum absolute atomic E-state index is 0. The molecule has 19 heavy (non-hydrogen) atoms. The zero-order valence-electron chi connectivity index (χ0n) is 30.1. The Morgan fingerprint density at radius 1 is 0.421 bits per heavy atom. The summed E-state index contributed by atoms with van der Waals surface area (Å²) >= 11 is 0. The van der Waals surface area contributed by atoms with Crippen LogP contribution in [0.4, 0.5) is 0 Å². The van der Waals surface area contributed by atoms with E-state index in [4.69, 9.17) is 17.5 Å². The number of hydrogen-bond donors (Lipinski definition) is 2. The molecule has 0 amide bonds. The van der Waals surface area contributed by atoms with Crippen molar-refractivity contribution in [2.75, 3.05) is 0 Å². The largest absolute Gasteiger partial charge is 1.00 e. The van der Waals surface area contributed by atoms with Crippen molar-refractivity contribution < 1.29 is 451 Å². The first-order valence-electron chi connectivity index (χ1n) is 0.698. The molecule has 60 valence electrons. The van der Waals surface area contributed by atoms with E-state index in [1.54, 1.807) is 0 Å². The monoisotopic (exact) mass is 434 g/mol. The third-order valence-corrected chi connectivity index (χ3v) is 0. The van der Waals surface area contributed by atoms with Crippen molar-refractivity contribution in [1.82, 2.24) is 0 Å². The molecule has 0 fully saturated rings. The van der Waals surface area contributed by atoms with Gasteiger partial charge in [0.2, 0.25) is 0 Å². The molecular formula is H16Na14O4S. The van der Waals surface area contributed by atoms with Crippen molar-refractivity contribution in [3.8, 4) is 0 Å². The van der Waals surface area contributed by atoms with Crippen molar-refractivity contribution in [2.24, 2.45) is 0 Å². The van der Waals surface area contributed by atoms with E-state index in [0.29, 0.717) is 0 Å². The summed E-state index contributed by atoms with van der Waals surface area (Å²) in [5, 5.41) is 0. The van der Waals surface area contributed by atoms with Gasteiger partial charge in [-0.1, -0.05) is 0 Å². The summed E-state index contributed by atoms with van der Waals surface area (Å²) in [5.41, 5.74) is 0. The van der Waals surface area contributed by atoms with Crippen molar-refractivity contribution in [1.29, 1.82) is 0 Å². The summed E-state index contributed by atoms with van der Waals surface area (Å²) in [6.45, 7) is 0. The van der Waals surface area contributed by atoms with E-state index < -0.39 is 10.4 Å². The molecule has 0 radical (unpaired) electrons. The van der Waals surface area contributed by atoms with Crippen LogP contribution in [0.5, 0.6) is 0 Å². The summed E-state index contributed by atoms with van der Waals surface area (Å²) < 4.78 is 31.6. The maximum absolute atomic E-state index is 8.74. The number of rotatable bonds is 0. The Kier molecular flexibility index (Phi) is 423. The molecular weight excluding hydrogens is 418 g/mol. The standard InChI is InChI=1S/14Na.H2O4S.14H/c;;;;;;;;;;;;;;1-5(2,3)4;;;;;;;;;;;;;;/h;;;;;;;;;;;;;;(H2,1,2,3,4);;;;;;;;;;;;;;/q14*+1;;14*-1. The van der Waals surface area contributed by atoms with Gasteiger partial charge in [-0.3, -0.25) is 9.11 Å². The Morgan fingerprint density at radius 2 is 0.421 bits per heavy atom. The van der Waals surface area contributed by atoms with Gasteiger partial charge in [-0.15, -0.1) is 0 Å². The van der Waals surface area contributed by atoms with E-state index in [2.05, 4.69) is 0 Å². The van der Waals surface area contributed by atoms with E-state index in [9.17, 15) is 0 Å². The summed E-state index contributed by atoms with van der Waals surface area (Å²) in [7, 11) is -4.67. The Balaban J connectivity index is -0.000000000212. The molecule has 0 heterocycles. The summed E-state index contributed by atoms with van der Waals surface area (Å²) in [5.74, 6) is 0. The molecule has 0 aliphatic heterocycles. The smallest absolute Gasteiger partial charge is 1.00 e. The van der Waals surface area contributed by atoms with Crippen molar-refractivity contribution >= 4 is 10.4 Å². The fourth-order valence-electron chi connectivity index (χ4n) is 0. The average molecular weight is 434 g/mol. The Hall–Kier alpha value is 13.9. The maximum atomic E-state index is 8.74. The molecule has 0 aromatic rings. The minimum Gasteiger partial charge on any atom is -1.00 e. The van der Waals surface area contributed by atoms with Gasteiger partial charge in [0, 0.05) is 0 Å². The fourth-order valence-corrected chi connectivity index (χ4v) is 0. The predicted molar refractivity (Wildman–Crippen MR) is 29.7 cm³/mol. The van der Waals surface area contributed by atoms with Crippen LogP contribution in [0, 0.1) is 0 Å². The second-order valence-corrected chi connectivity index (χ2v) is 1.34. The van der Waals surface area contributed by atoms with Crippen LogP contribution in [0.15, 0.2) is 0 Å². The first-order valence-corrected chi connectivity index (χ1v) is 2.10. The van der Waals surface area contributed by atoms with E-state index in [-0.39, 0.29) is 434 Å². The van der Waals surface area contributed by atoms with Gasteiger partial charge in [0.1, 0.15) is 0 Å². The average Bonchev–Trinajstić information content (AvgIpc) is 0.722. The van der Waals surface area contributed by atoms with Crippen LogP contribution in [0.1, 0.15) is 20.0 Å². The molecule has 4 nitrogen and oxygen atoms in total. The summed E-state index contributed by atoms with van der Waals surface area (Å²) in [4.78, 5) is 0. The first kappa shape index (κ1) is 105. The van der Waals surface area contributed by atoms with Gasteiger partial charge in [0.05, 0.1) is 0 Å². The van der Waals surface area contributed by atoms with Crippen molar-refractivity contribution in [3.63, 3.8) is 0 Å². The quantitative estimate of drug-likeness (QED) is 0.294. The van der Waals surface area contributed by atoms with Crippen LogP contribution < -0.4 is 414 Å². The molecule has 0 unspecified atom stereocenters. The van der Waals surface area contributed by atoms with Gasteiger partial charge >= 0.3 is 424 Å². The zero-order valence-corrected chi connectivity index (χ0v) is 44.9. The van der Waals surface area contributed by atoms with Gasteiger partial charge < -0.3 is 20.0 Å². The summed E-state index contributed by atoms with van der Waals surface area (Å²) in [6.07, 6.45) is 0. The fraction of sp³-hybridized carbons (Fsp3) is 0. The molecule has 0 atom stereocenters. The van der Waals surface area contributed by atoms with Crippen molar-refractivity contribution in [3.05, 3.63) is 0 Å². The van der Waals surface area contributed by atoms with Crippen LogP contribution in [0.25, 0.3) is 0 Å². The molecule has 19 heteroatoms. The SMILES string of the molecule is O=S(=O)(O)O.[H-].[H-].[H-].[H-].[H-].[H-].[H-].[H-].[H-].[H-].[H-].[H-].[H-].[H-].[Na+].[Na+].[Na+].[Na+].[Na+].[Na+].[Na+].[Na+].[Na+].[Na+].[Na+].[Na+].[Na+].[Na+]. The Bertz CT molecular complexity index is 135. The Morgan fingerprint density at radius 3 is 0.421 bits per heavy atom. The minimum atomic E-state index is -4.67. The van der Waals surface area contributed by atoms with Gasteiger partial charge in [-0.25, -0.2) is 0 Å². The summed E-state index contributed by atoms with van der Waals surface area (Å²) in [6, 6.07) is 0. The molecule has 2 N–H and O–H groups in total. The molecule has 0 saturated carbocycles. The molecule has 0 spiro atoms. The van der Waals surface area contributed by atoms with E-state index in [0.717, 1.165) is 0 Å². The van der Waals surface area contributed by atoms with Crippen LogP contribution in [-0.4, -0.2) is 17.5 Å². The van der Waals surface area contributed by atoms with E-state index >= 15 is 0 Å². The predicted octanol–water partition coefficient (Wildman–Crippen LogP) is -41.0. The molecule has 0 saturated heterocycles. The number of hydrogen-bond acceptors (Lipinski definition) is 2. The molecule has 0 rings (SSSR count). The van der Waals surface area contributed by atoms with E-state index in [1.165, 1.54) is 0 Å². The van der Waals surface area contributed by atoms with Gasteiger partial charge in [-0.05, 0) is 0 Å². The van der Waals surface area contributed by atoms with Gasteiger partial charge in [0.25, 0.3) is 0 Å². The first-order chi connectivity index (χ1) is 2.00. The van der Waals surface area contributed by atoms with Crippen LogP contribution in [-0.2, 0) is 10.4 Å². The molecule has 0 aromatic heterocycles. The van der Waals surface area contributed by atoms with Crippen LogP contribution in [0.3, 0.4) is 0 Å². The van der Waals surface area contributed by atoms with Crippen molar-refractivity contribution in [2.45, 2.75) is 0 Å². The zero-order chi connectivity index (χ0) is 4.50. The molecule has 0 aromatic carbocycles. The van der Waals surface area contributed by atoms with E-state index in [1.807, 2.05) is 0 Å². The molecule has 0 aliphatic rings. The molecule has 0 aliphatic carbocycles. The van der Waals surface area contributed by atoms with Crippen LogP contribution >= 0.6 is 0 Å². The second-order valence-electron chi connectivity index (χ2n) is 0.448.